The lowest BCUT2D eigenvalue weighted by molar-refractivity contribution is 0.444. The van der Waals surface area contributed by atoms with Gasteiger partial charge in [0.1, 0.15) is 0 Å². The molecule has 0 amide bonds. The van der Waals surface area contributed by atoms with Crippen LogP contribution in [0, 0.1) is 11.3 Å². The van der Waals surface area contributed by atoms with E-state index in [9.17, 15) is 8.42 Å². The molecule has 1 N–H and O–H groups in total. The summed E-state index contributed by atoms with van der Waals surface area (Å²) in [6.45, 7) is 0.723. The Labute approximate surface area is 190 Å². The van der Waals surface area contributed by atoms with E-state index in [-0.39, 0.29) is 17.2 Å². The Morgan fingerprint density at radius 3 is 2.43 bits per heavy atom. The van der Waals surface area contributed by atoms with Crippen molar-refractivity contribution in [3.05, 3.63) is 81.5 Å². The van der Waals surface area contributed by atoms with Crippen molar-refractivity contribution in [1.82, 2.24) is 4.90 Å². The molecule has 0 bridgehead atoms. The van der Waals surface area contributed by atoms with Crippen molar-refractivity contribution < 1.29 is 8.42 Å². The van der Waals surface area contributed by atoms with Crippen molar-refractivity contribution in [3.63, 3.8) is 0 Å². The van der Waals surface area contributed by atoms with E-state index < -0.39 is 9.84 Å². The number of nitriles is 1. The molecule has 0 radical (unpaired) electrons. The van der Waals surface area contributed by atoms with Crippen LogP contribution < -0.4 is 5.32 Å². The number of nitrogens with one attached hydrogen (secondary N) is 1. The molecule has 1 heterocycles. The molecule has 0 unspecified atom stereocenters. The van der Waals surface area contributed by atoms with Gasteiger partial charge in [0.25, 0.3) is 0 Å². The van der Waals surface area contributed by atoms with E-state index in [1.54, 1.807) is 47.7 Å². The zero-order valence-electron chi connectivity index (χ0n) is 15.8. The van der Waals surface area contributed by atoms with Gasteiger partial charge in [0.15, 0.2) is 14.9 Å². The van der Waals surface area contributed by atoms with Crippen LogP contribution in [0.15, 0.2) is 70.9 Å². The van der Waals surface area contributed by atoms with Gasteiger partial charge in [-0.05, 0) is 72.2 Å². The third kappa shape index (κ3) is 6.03. The zero-order valence-corrected chi connectivity index (χ0v) is 19.0. The first-order valence-electron chi connectivity index (χ1n) is 8.94. The minimum absolute atomic E-state index is 0.0881. The van der Waals surface area contributed by atoms with Crippen molar-refractivity contribution >= 4 is 55.8 Å². The molecule has 0 aliphatic carbocycles. The van der Waals surface area contributed by atoms with Crippen LogP contribution >= 0.6 is 35.2 Å². The molecule has 5 nitrogen and oxygen atoms in total. The monoisotopic (exact) mass is 475 g/mol. The molecule has 3 aromatic rings. The highest BCUT2D eigenvalue weighted by Crippen LogP contribution is 2.18. The van der Waals surface area contributed by atoms with E-state index in [0.29, 0.717) is 22.2 Å². The smallest absolute Gasteiger partial charge is 0.180 e. The van der Waals surface area contributed by atoms with E-state index >= 15 is 0 Å². The Morgan fingerprint density at radius 2 is 1.83 bits per heavy atom. The van der Waals surface area contributed by atoms with E-state index in [0.717, 1.165) is 10.6 Å². The van der Waals surface area contributed by atoms with Gasteiger partial charge in [-0.25, -0.2) is 8.42 Å². The van der Waals surface area contributed by atoms with Crippen LogP contribution in [0.1, 0.15) is 10.4 Å². The van der Waals surface area contributed by atoms with Crippen molar-refractivity contribution in [1.29, 1.82) is 5.26 Å². The average Bonchev–Trinajstić information content (AvgIpc) is 3.25. The second-order valence-electron chi connectivity index (χ2n) is 6.39. The van der Waals surface area contributed by atoms with Gasteiger partial charge in [-0.3, -0.25) is 0 Å². The Bertz CT molecular complexity index is 1140. The van der Waals surface area contributed by atoms with Gasteiger partial charge in [-0.2, -0.15) is 5.26 Å². The van der Waals surface area contributed by atoms with Crippen LogP contribution in [-0.4, -0.2) is 30.7 Å². The SMILES string of the molecule is N#Cc1ccc(NC(=S)N(CCS(=O)(=O)c2ccc(Cl)cc2)Cc2cccs2)cc1. The van der Waals surface area contributed by atoms with Gasteiger partial charge >= 0.3 is 0 Å². The number of hydrogen-bond acceptors (Lipinski definition) is 5. The predicted octanol–water partition coefficient (Wildman–Crippen LogP) is 4.95. The molecule has 154 valence electrons. The summed E-state index contributed by atoms with van der Waals surface area (Å²) in [6, 6.07) is 19.1. The molecule has 0 saturated heterocycles. The number of anilines is 1. The molecule has 1 aromatic heterocycles. The molecule has 0 atom stereocenters. The molecule has 0 aliphatic heterocycles. The van der Waals surface area contributed by atoms with Gasteiger partial charge in [0, 0.05) is 22.1 Å². The first kappa shape index (κ1) is 22.2. The third-order valence-corrected chi connectivity index (χ3v) is 7.47. The number of thiophene rings is 1. The summed E-state index contributed by atoms with van der Waals surface area (Å²) in [5.41, 5.74) is 1.28. The number of rotatable bonds is 7. The summed E-state index contributed by atoms with van der Waals surface area (Å²) in [7, 11) is -3.49. The maximum Gasteiger partial charge on any atom is 0.180 e. The maximum atomic E-state index is 12.7. The maximum absolute atomic E-state index is 12.7. The van der Waals surface area contributed by atoms with Crippen molar-refractivity contribution in [3.8, 4) is 6.07 Å². The second kappa shape index (κ2) is 10.0. The molecule has 0 saturated carbocycles. The van der Waals surface area contributed by atoms with Crippen LogP contribution in [-0.2, 0) is 16.4 Å². The van der Waals surface area contributed by atoms with Crippen molar-refractivity contribution in [2.45, 2.75) is 11.4 Å². The highest BCUT2D eigenvalue weighted by atomic mass is 35.5. The number of thiocarbonyl (C=S) groups is 1. The Balaban J connectivity index is 1.73. The highest BCUT2D eigenvalue weighted by Gasteiger charge is 2.19. The number of hydrogen-bond donors (Lipinski definition) is 1. The minimum Gasteiger partial charge on any atom is -0.343 e. The normalized spacial score (nSPS) is 10.9. The Morgan fingerprint density at radius 1 is 1.13 bits per heavy atom. The number of nitrogens with zero attached hydrogens (tertiary/aromatic N) is 2. The average molecular weight is 476 g/mol. The van der Waals surface area contributed by atoms with Crippen LogP contribution in [0.25, 0.3) is 0 Å². The lowest BCUT2D eigenvalue weighted by Gasteiger charge is -2.25. The number of halogens is 1. The summed E-state index contributed by atoms with van der Waals surface area (Å²) in [5.74, 6) is -0.0881. The van der Waals surface area contributed by atoms with E-state index in [1.165, 1.54) is 12.1 Å². The van der Waals surface area contributed by atoms with Crippen molar-refractivity contribution in [2.24, 2.45) is 0 Å². The van der Waals surface area contributed by atoms with Crippen molar-refractivity contribution in [2.75, 3.05) is 17.6 Å². The summed E-state index contributed by atoms with van der Waals surface area (Å²) in [6.07, 6.45) is 0. The number of sulfone groups is 1. The van der Waals surface area contributed by atoms with Crippen LogP contribution in [0.2, 0.25) is 5.02 Å². The lowest BCUT2D eigenvalue weighted by Crippen LogP contribution is -2.37. The summed E-state index contributed by atoms with van der Waals surface area (Å²) >= 11 is 13.0. The molecular formula is C21H18ClN3O2S3. The predicted molar refractivity (Wildman–Crippen MR) is 126 cm³/mol. The van der Waals surface area contributed by atoms with Crippen LogP contribution in [0.5, 0.6) is 0 Å². The quantitative estimate of drug-likeness (QED) is 0.487. The fourth-order valence-electron chi connectivity index (χ4n) is 2.66. The van der Waals surface area contributed by atoms with Crippen LogP contribution in [0.4, 0.5) is 5.69 Å². The first-order chi connectivity index (χ1) is 14.4. The molecule has 0 aliphatic rings. The molecule has 2 aromatic carbocycles. The summed E-state index contributed by atoms with van der Waals surface area (Å²) in [4.78, 5) is 3.13. The third-order valence-electron chi connectivity index (χ3n) is 4.28. The van der Waals surface area contributed by atoms with Gasteiger partial charge in [-0.15, -0.1) is 11.3 Å². The van der Waals surface area contributed by atoms with Gasteiger partial charge in [0.2, 0.25) is 0 Å². The molecule has 0 fully saturated rings. The van der Waals surface area contributed by atoms with Gasteiger partial charge in [0.05, 0.1) is 28.8 Å². The fourth-order valence-corrected chi connectivity index (χ4v) is 5.03. The number of benzene rings is 2. The topological polar surface area (TPSA) is 73.2 Å². The van der Waals surface area contributed by atoms with E-state index in [4.69, 9.17) is 29.1 Å². The van der Waals surface area contributed by atoms with E-state index in [1.807, 2.05) is 22.4 Å². The second-order valence-corrected chi connectivity index (χ2v) is 10.4. The van der Waals surface area contributed by atoms with E-state index in [2.05, 4.69) is 11.4 Å². The fraction of sp³-hybridized carbons (Fsp3) is 0.143. The Kier molecular flexibility index (Phi) is 7.45. The zero-order chi connectivity index (χ0) is 21.6. The standard InChI is InChI=1S/C21H18ClN3O2S3/c22-17-5-9-20(10-6-17)30(26,27)13-11-25(15-19-2-1-12-29-19)21(28)24-18-7-3-16(14-23)4-8-18/h1-10,12H,11,13,15H2,(H,24,28). The summed E-state index contributed by atoms with van der Waals surface area (Å²) in [5, 5.41) is 14.9. The Hall–Kier alpha value is -2.44. The molecule has 0 spiro atoms. The van der Waals surface area contributed by atoms with Gasteiger partial charge < -0.3 is 10.2 Å². The molecule has 3 rings (SSSR count). The highest BCUT2D eigenvalue weighted by molar-refractivity contribution is 7.91. The molecule has 30 heavy (non-hydrogen) atoms. The summed E-state index contributed by atoms with van der Waals surface area (Å²) < 4.78 is 25.5. The minimum atomic E-state index is -3.49. The lowest BCUT2D eigenvalue weighted by atomic mass is 10.2. The molecule has 9 heteroatoms. The molecular weight excluding hydrogens is 458 g/mol. The first-order valence-corrected chi connectivity index (χ1v) is 12.3. The largest absolute Gasteiger partial charge is 0.343 e. The van der Waals surface area contributed by atoms with Crippen LogP contribution in [0.3, 0.4) is 0 Å². The van der Waals surface area contributed by atoms with Gasteiger partial charge in [-0.1, -0.05) is 17.7 Å².